The van der Waals surface area contributed by atoms with E-state index in [2.05, 4.69) is 24.3 Å². The Balaban J connectivity index is 1.83. The summed E-state index contributed by atoms with van der Waals surface area (Å²) in [5.41, 5.74) is 3.51. The first kappa shape index (κ1) is 14.3. The fraction of sp³-hybridized carbons (Fsp3) is 0.294. The maximum Gasteiger partial charge on any atom is 0.238 e. The third kappa shape index (κ3) is 3.17. The van der Waals surface area contributed by atoms with Gasteiger partial charge in [0.05, 0.1) is 4.90 Å². The largest absolute Gasteiger partial charge is 0.238 e. The highest BCUT2D eigenvalue weighted by Crippen LogP contribution is 2.34. The fourth-order valence-electron chi connectivity index (χ4n) is 3.04. The lowest BCUT2D eigenvalue weighted by atomic mass is 9.95. The summed E-state index contributed by atoms with van der Waals surface area (Å²) in [4.78, 5) is 0.147. The maximum absolute atomic E-state index is 11.3. The molecule has 2 aromatic carbocycles. The third-order valence-corrected chi connectivity index (χ3v) is 5.18. The van der Waals surface area contributed by atoms with Gasteiger partial charge in [0.2, 0.25) is 10.0 Å². The highest BCUT2D eigenvalue weighted by atomic mass is 32.2. The number of nitrogens with two attached hydrogens (primary N) is 1. The Hall–Kier alpha value is -1.65. The molecule has 2 aromatic rings. The van der Waals surface area contributed by atoms with E-state index in [9.17, 15) is 8.42 Å². The minimum atomic E-state index is -3.62. The van der Waals surface area contributed by atoms with Crippen LogP contribution in [0, 0.1) is 0 Å². The number of primary sulfonamides is 1. The van der Waals surface area contributed by atoms with Crippen molar-refractivity contribution in [2.24, 2.45) is 5.14 Å². The molecule has 0 spiro atoms. The standard InChI is InChI=1S/C17H19NO2S/c18-21(19,20)17-11-9-16(10-12-17)15-7-5-14(6-8-15)13-3-1-2-4-13/h5-13H,1-4H2,(H2,18,19,20). The Bertz CT molecular complexity index is 712. The smallest absolute Gasteiger partial charge is 0.225 e. The minimum Gasteiger partial charge on any atom is -0.225 e. The van der Waals surface area contributed by atoms with E-state index >= 15 is 0 Å². The zero-order chi connectivity index (χ0) is 14.9. The first-order valence-corrected chi connectivity index (χ1v) is 8.82. The number of hydrogen-bond donors (Lipinski definition) is 1. The molecule has 0 unspecified atom stereocenters. The zero-order valence-corrected chi connectivity index (χ0v) is 12.6. The summed E-state index contributed by atoms with van der Waals surface area (Å²) in [5.74, 6) is 0.712. The summed E-state index contributed by atoms with van der Waals surface area (Å²) >= 11 is 0. The van der Waals surface area contributed by atoms with E-state index in [1.807, 2.05) is 0 Å². The van der Waals surface area contributed by atoms with Gasteiger partial charge in [-0.1, -0.05) is 49.2 Å². The van der Waals surface area contributed by atoms with Gasteiger partial charge < -0.3 is 0 Å². The van der Waals surface area contributed by atoms with Gasteiger partial charge in [-0.05, 0) is 47.6 Å². The highest BCUT2D eigenvalue weighted by molar-refractivity contribution is 7.89. The first-order chi connectivity index (χ1) is 10.0. The van der Waals surface area contributed by atoms with Crippen LogP contribution in [0.25, 0.3) is 11.1 Å². The summed E-state index contributed by atoms with van der Waals surface area (Å²) in [6.45, 7) is 0. The maximum atomic E-state index is 11.3. The molecular formula is C17H19NO2S. The van der Waals surface area contributed by atoms with E-state index in [0.717, 1.165) is 11.1 Å². The summed E-state index contributed by atoms with van der Waals surface area (Å²) in [6, 6.07) is 15.3. The van der Waals surface area contributed by atoms with Crippen LogP contribution in [0.15, 0.2) is 53.4 Å². The van der Waals surface area contributed by atoms with Crippen molar-refractivity contribution in [3.05, 3.63) is 54.1 Å². The highest BCUT2D eigenvalue weighted by Gasteiger charge is 2.16. The first-order valence-electron chi connectivity index (χ1n) is 7.27. The molecule has 0 radical (unpaired) electrons. The van der Waals surface area contributed by atoms with Gasteiger partial charge in [-0.3, -0.25) is 0 Å². The number of rotatable bonds is 3. The van der Waals surface area contributed by atoms with Crippen LogP contribution >= 0.6 is 0 Å². The fourth-order valence-corrected chi connectivity index (χ4v) is 3.56. The second-order valence-corrected chi connectivity index (χ2v) is 7.23. The molecule has 0 atom stereocenters. The van der Waals surface area contributed by atoms with Crippen LogP contribution in [0.3, 0.4) is 0 Å². The molecule has 110 valence electrons. The molecule has 4 heteroatoms. The van der Waals surface area contributed by atoms with Gasteiger partial charge >= 0.3 is 0 Å². The van der Waals surface area contributed by atoms with Gasteiger partial charge in [-0.15, -0.1) is 0 Å². The molecular weight excluding hydrogens is 282 g/mol. The minimum absolute atomic E-state index is 0.147. The molecule has 3 nitrogen and oxygen atoms in total. The van der Waals surface area contributed by atoms with Crippen molar-refractivity contribution in [3.8, 4) is 11.1 Å². The van der Waals surface area contributed by atoms with E-state index in [1.165, 1.54) is 31.2 Å². The van der Waals surface area contributed by atoms with Crippen molar-refractivity contribution in [2.45, 2.75) is 36.5 Å². The van der Waals surface area contributed by atoms with Crippen molar-refractivity contribution >= 4 is 10.0 Å². The van der Waals surface area contributed by atoms with Crippen molar-refractivity contribution < 1.29 is 8.42 Å². The number of hydrogen-bond acceptors (Lipinski definition) is 2. The SMILES string of the molecule is NS(=O)(=O)c1ccc(-c2ccc(C3CCCC3)cc2)cc1. The van der Waals surface area contributed by atoms with Gasteiger partial charge in [0.25, 0.3) is 0 Å². The Morgan fingerprint density at radius 1 is 0.810 bits per heavy atom. The van der Waals surface area contributed by atoms with E-state index < -0.39 is 10.0 Å². The molecule has 1 fully saturated rings. The Labute approximate surface area is 125 Å². The molecule has 3 rings (SSSR count). The lowest BCUT2D eigenvalue weighted by Gasteiger charge is -2.10. The molecule has 1 aliphatic carbocycles. The van der Waals surface area contributed by atoms with E-state index in [1.54, 1.807) is 24.3 Å². The van der Waals surface area contributed by atoms with Crippen LogP contribution in [0.1, 0.15) is 37.2 Å². The average molecular weight is 301 g/mol. The van der Waals surface area contributed by atoms with Gasteiger partial charge in [-0.25, -0.2) is 13.6 Å². The Morgan fingerprint density at radius 3 is 1.76 bits per heavy atom. The van der Waals surface area contributed by atoms with Crippen LogP contribution < -0.4 is 5.14 Å². The molecule has 0 aliphatic heterocycles. The molecule has 0 amide bonds. The number of sulfonamides is 1. The van der Waals surface area contributed by atoms with Crippen molar-refractivity contribution in [2.75, 3.05) is 0 Å². The second-order valence-electron chi connectivity index (χ2n) is 5.67. The second kappa shape index (κ2) is 5.62. The lowest BCUT2D eigenvalue weighted by molar-refractivity contribution is 0.598. The molecule has 1 aliphatic rings. The van der Waals surface area contributed by atoms with Crippen LogP contribution in [-0.4, -0.2) is 8.42 Å². The van der Waals surface area contributed by atoms with Crippen LogP contribution in [-0.2, 0) is 10.0 Å². The van der Waals surface area contributed by atoms with Crippen molar-refractivity contribution in [1.82, 2.24) is 0 Å². The van der Waals surface area contributed by atoms with E-state index in [-0.39, 0.29) is 4.90 Å². The van der Waals surface area contributed by atoms with Crippen LogP contribution in [0.4, 0.5) is 0 Å². The summed E-state index contributed by atoms with van der Waals surface area (Å²) in [6.07, 6.45) is 5.26. The van der Waals surface area contributed by atoms with E-state index in [0.29, 0.717) is 5.92 Å². The van der Waals surface area contributed by atoms with Crippen LogP contribution in [0.5, 0.6) is 0 Å². The van der Waals surface area contributed by atoms with Gasteiger partial charge in [0, 0.05) is 0 Å². The third-order valence-electron chi connectivity index (χ3n) is 4.25. The molecule has 2 N–H and O–H groups in total. The molecule has 0 aromatic heterocycles. The summed E-state index contributed by atoms with van der Waals surface area (Å²) in [7, 11) is -3.62. The Morgan fingerprint density at radius 2 is 1.29 bits per heavy atom. The Kier molecular flexibility index (Phi) is 3.83. The topological polar surface area (TPSA) is 60.2 Å². The molecule has 0 bridgehead atoms. The van der Waals surface area contributed by atoms with E-state index in [4.69, 9.17) is 5.14 Å². The van der Waals surface area contributed by atoms with Crippen molar-refractivity contribution in [1.29, 1.82) is 0 Å². The average Bonchev–Trinajstić information content (AvgIpc) is 3.01. The van der Waals surface area contributed by atoms with Gasteiger partial charge in [0.15, 0.2) is 0 Å². The molecule has 0 heterocycles. The normalized spacial score (nSPS) is 16.2. The molecule has 21 heavy (non-hydrogen) atoms. The summed E-state index contributed by atoms with van der Waals surface area (Å²) in [5, 5.41) is 5.11. The number of benzene rings is 2. The van der Waals surface area contributed by atoms with Gasteiger partial charge in [0.1, 0.15) is 0 Å². The molecule has 0 saturated heterocycles. The zero-order valence-electron chi connectivity index (χ0n) is 11.8. The summed E-state index contributed by atoms with van der Waals surface area (Å²) < 4.78 is 22.5. The molecule has 1 saturated carbocycles. The van der Waals surface area contributed by atoms with Crippen molar-refractivity contribution in [3.63, 3.8) is 0 Å². The lowest BCUT2D eigenvalue weighted by Crippen LogP contribution is -2.11. The van der Waals surface area contributed by atoms with Crippen LogP contribution in [0.2, 0.25) is 0 Å². The monoisotopic (exact) mass is 301 g/mol. The predicted octanol–water partition coefficient (Wildman–Crippen LogP) is 3.66. The predicted molar refractivity (Wildman–Crippen MR) is 84.5 cm³/mol. The quantitative estimate of drug-likeness (QED) is 0.940. The van der Waals surface area contributed by atoms with Gasteiger partial charge in [-0.2, -0.15) is 0 Å².